The summed E-state index contributed by atoms with van der Waals surface area (Å²) < 4.78 is 10.3. The average molecular weight is 396 g/mol. The first-order valence-corrected chi connectivity index (χ1v) is 9.56. The number of fused-ring (bicyclic) bond motifs is 3. The van der Waals surface area contributed by atoms with Crippen LogP contribution in [0.15, 0.2) is 48.5 Å². The van der Waals surface area contributed by atoms with Crippen molar-refractivity contribution < 1.29 is 24.2 Å². The standard InChI is InChI=1S/C22H24N2O5/c1-28-13-20(26)24-18-11-23(22(27)14-6-5-7-15(10-14)29-2)17-9-4-3-8-16(17)21(18)19(24)12-25/h3-10,18-19,21,25H,11-13H2,1-2H3/t18-,19-,21+/m1/s1. The molecule has 1 saturated heterocycles. The van der Waals surface area contributed by atoms with Gasteiger partial charge in [0.1, 0.15) is 12.4 Å². The van der Waals surface area contributed by atoms with Gasteiger partial charge in [0.15, 0.2) is 0 Å². The van der Waals surface area contributed by atoms with E-state index in [-0.39, 0.29) is 43.0 Å². The van der Waals surface area contributed by atoms with E-state index in [1.165, 1.54) is 7.11 Å². The number of aliphatic hydroxyl groups is 1. The molecule has 0 spiro atoms. The molecular formula is C22H24N2O5. The third-order valence-corrected chi connectivity index (χ3v) is 5.80. The third kappa shape index (κ3) is 3.16. The summed E-state index contributed by atoms with van der Waals surface area (Å²) in [5.74, 6) is 0.272. The minimum absolute atomic E-state index is 0.00799. The van der Waals surface area contributed by atoms with E-state index in [2.05, 4.69) is 0 Å². The lowest BCUT2D eigenvalue weighted by molar-refractivity contribution is -0.154. The summed E-state index contributed by atoms with van der Waals surface area (Å²) >= 11 is 0. The molecule has 0 unspecified atom stereocenters. The Morgan fingerprint density at radius 1 is 1.14 bits per heavy atom. The summed E-state index contributed by atoms with van der Waals surface area (Å²) in [4.78, 5) is 29.3. The zero-order valence-corrected chi connectivity index (χ0v) is 16.4. The van der Waals surface area contributed by atoms with E-state index in [1.807, 2.05) is 24.3 Å². The molecule has 29 heavy (non-hydrogen) atoms. The Hall–Kier alpha value is -2.90. The van der Waals surface area contributed by atoms with Crippen LogP contribution in [0.4, 0.5) is 5.69 Å². The van der Waals surface area contributed by atoms with Gasteiger partial charge in [0.2, 0.25) is 5.91 Å². The number of nitrogens with zero attached hydrogens (tertiary/aromatic N) is 2. The summed E-state index contributed by atoms with van der Waals surface area (Å²) in [5.41, 5.74) is 2.31. The predicted octanol–water partition coefficient (Wildman–Crippen LogP) is 1.66. The van der Waals surface area contributed by atoms with Crippen molar-refractivity contribution in [3.63, 3.8) is 0 Å². The Kier molecular flexibility index (Phi) is 5.25. The summed E-state index contributed by atoms with van der Waals surface area (Å²) in [6.07, 6.45) is 0. The lowest BCUT2D eigenvalue weighted by Gasteiger charge is -2.58. The molecule has 4 rings (SSSR count). The van der Waals surface area contributed by atoms with E-state index in [9.17, 15) is 14.7 Å². The number of methoxy groups -OCH3 is 2. The van der Waals surface area contributed by atoms with Gasteiger partial charge in [-0.05, 0) is 29.8 Å². The molecule has 3 atom stereocenters. The van der Waals surface area contributed by atoms with E-state index in [0.717, 1.165) is 11.3 Å². The second-order valence-electron chi connectivity index (χ2n) is 7.28. The van der Waals surface area contributed by atoms with Gasteiger partial charge in [-0.1, -0.05) is 24.3 Å². The average Bonchev–Trinajstić information content (AvgIpc) is 2.74. The van der Waals surface area contributed by atoms with Crippen molar-refractivity contribution >= 4 is 17.5 Å². The Morgan fingerprint density at radius 2 is 1.93 bits per heavy atom. The lowest BCUT2D eigenvalue weighted by atomic mass is 9.71. The van der Waals surface area contributed by atoms with Crippen LogP contribution in [0.1, 0.15) is 21.8 Å². The third-order valence-electron chi connectivity index (χ3n) is 5.80. The molecule has 2 aliphatic rings. The van der Waals surface area contributed by atoms with Gasteiger partial charge in [-0.25, -0.2) is 0 Å². The van der Waals surface area contributed by atoms with Gasteiger partial charge in [-0.3, -0.25) is 9.59 Å². The topological polar surface area (TPSA) is 79.3 Å². The van der Waals surface area contributed by atoms with Crippen LogP contribution in [0.25, 0.3) is 0 Å². The summed E-state index contributed by atoms with van der Waals surface area (Å²) in [6.45, 7) is 0.184. The Bertz CT molecular complexity index is 931. The zero-order valence-electron chi connectivity index (χ0n) is 16.4. The van der Waals surface area contributed by atoms with Crippen molar-refractivity contribution in [3.05, 3.63) is 59.7 Å². The molecule has 2 amide bonds. The fourth-order valence-electron chi connectivity index (χ4n) is 4.54. The number of hydrogen-bond donors (Lipinski definition) is 1. The lowest BCUT2D eigenvalue weighted by Crippen LogP contribution is -2.71. The van der Waals surface area contributed by atoms with Crippen molar-refractivity contribution in [1.29, 1.82) is 0 Å². The molecule has 2 aromatic rings. The smallest absolute Gasteiger partial charge is 0.258 e. The molecule has 2 aliphatic heterocycles. The van der Waals surface area contributed by atoms with Crippen molar-refractivity contribution in [1.82, 2.24) is 4.90 Å². The maximum absolute atomic E-state index is 13.4. The number of ether oxygens (including phenoxy) is 2. The number of aliphatic hydroxyl groups excluding tert-OH is 1. The van der Waals surface area contributed by atoms with Gasteiger partial charge in [-0.15, -0.1) is 0 Å². The molecule has 1 fully saturated rings. The van der Waals surface area contributed by atoms with Crippen LogP contribution >= 0.6 is 0 Å². The number of amides is 2. The van der Waals surface area contributed by atoms with Gasteiger partial charge in [0.05, 0.1) is 25.8 Å². The molecule has 7 nitrogen and oxygen atoms in total. The van der Waals surface area contributed by atoms with Crippen LogP contribution in [0, 0.1) is 0 Å². The number of likely N-dealkylation sites (tertiary alicyclic amines) is 1. The highest BCUT2D eigenvalue weighted by Gasteiger charge is 2.55. The van der Waals surface area contributed by atoms with Crippen LogP contribution in [0.5, 0.6) is 5.75 Å². The van der Waals surface area contributed by atoms with E-state index < -0.39 is 0 Å². The second kappa shape index (κ2) is 7.85. The maximum Gasteiger partial charge on any atom is 0.258 e. The van der Waals surface area contributed by atoms with E-state index in [4.69, 9.17) is 9.47 Å². The number of hydrogen-bond acceptors (Lipinski definition) is 5. The van der Waals surface area contributed by atoms with Gasteiger partial charge >= 0.3 is 0 Å². The first-order valence-electron chi connectivity index (χ1n) is 9.56. The molecule has 7 heteroatoms. The van der Waals surface area contributed by atoms with Gasteiger partial charge in [-0.2, -0.15) is 0 Å². The fourth-order valence-corrected chi connectivity index (χ4v) is 4.54. The number of para-hydroxylation sites is 1. The van der Waals surface area contributed by atoms with Gasteiger partial charge < -0.3 is 24.4 Å². The van der Waals surface area contributed by atoms with Crippen molar-refractivity contribution in [2.75, 3.05) is 38.9 Å². The molecular weight excluding hydrogens is 372 g/mol. The molecule has 0 aromatic heterocycles. The van der Waals surface area contributed by atoms with E-state index >= 15 is 0 Å². The fraction of sp³-hybridized carbons (Fsp3) is 0.364. The highest BCUT2D eigenvalue weighted by molar-refractivity contribution is 6.07. The highest BCUT2D eigenvalue weighted by Crippen LogP contribution is 2.48. The largest absolute Gasteiger partial charge is 0.497 e. The number of anilines is 1. The minimum Gasteiger partial charge on any atom is -0.497 e. The number of benzene rings is 2. The van der Waals surface area contributed by atoms with Crippen LogP contribution < -0.4 is 9.64 Å². The summed E-state index contributed by atoms with van der Waals surface area (Å²) in [7, 11) is 3.03. The number of rotatable bonds is 5. The quantitative estimate of drug-likeness (QED) is 0.832. The Morgan fingerprint density at radius 3 is 2.66 bits per heavy atom. The van der Waals surface area contributed by atoms with E-state index in [0.29, 0.717) is 17.9 Å². The minimum atomic E-state index is -0.308. The monoisotopic (exact) mass is 396 g/mol. The zero-order chi connectivity index (χ0) is 20.5. The molecule has 2 aromatic carbocycles. The number of carbonyl (C=O) groups excluding carboxylic acids is 2. The highest BCUT2D eigenvalue weighted by atomic mass is 16.5. The van der Waals surface area contributed by atoms with Crippen LogP contribution in [-0.4, -0.2) is 67.9 Å². The van der Waals surface area contributed by atoms with Crippen LogP contribution in [-0.2, 0) is 9.53 Å². The van der Waals surface area contributed by atoms with Gasteiger partial charge in [0, 0.05) is 30.8 Å². The summed E-state index contributed by atoms with van der Waals surface area (Å²) in [6, 6.07) is 14.2. The molecule has 152 valence electrons. The predicted molar refractivity (Wildman–Crippen MR) is 107 cm³/mol. The molecule has 0 saturated carbocycles. The van der Waals surface area contributed by atoms with Crippen LogP contribution in [0.3, 0.4) is 0 Å². The van der Waals surface area contributed by atoms with Crippen molar-refractivity contribution in [3.8, 4) is 5.75 Å². The van der Waals surface area contributed by atoms with Crippen molar-refractivity contribution in [2.24, 2.45) is 0 Å². The van der Waals surface area contributed by atoms with Crippen LogP contribution in [0.2, 0.25) is 0 Å². The molecule has 0 bridgehead atoms. The first kappa shape index (κ1) is 19.4. The van der Waals surface area contributed by atoms with Crippen molar-refractivity contribution in [2.45, 2.75) is 18.0 Å². The van der Waals surface area contributed by atoms with Gasteiger partial charge in [0.25, 0.3) is 5.91 Å². The molecule has 2 heterocycles. The molecule has 0 aliphatic carbocycles. The Balaban J connectivity index is 1.71. The Labute approximate surface area is 169 Å². The SMILES string of the molecule is COCC(=O)N1[C@H](CO)[C@H]2c3ccccc3N(C(=O)c3cccc(OC)c3)C[C@H]21. The van der Waals surface area contributed by atoms with E-state index in [1.54, 1.807) is 41.2 Å². The molecule has 0 radical (unpaired) electrons. The summed E-state index contributed by atoms with van der Waals surface area (Å²) in [5, 5.41) is 9.92. The maximum atomic E-state index is 13.4. The molecule has 1 N–H and O–H groups in total. The number of carbonyl (C=O) groups is 2. The second-order valence-corrected chi connectivity index (χ2v) is 7.28. The first-order chi connectivity index (χ1) is 14.1. The normalized spacial score (nSPS) is 22.4.